The first-order valence-electron chi connectivity index (χ1n) is 31.6. The molecule has 8 fully saturated rings. The fourth-order valence-corrected chi connectivity index (χ4v) is 17.1. The Morgan fingerprint density at radius 1 is 0.517 bits per heavy atom. The van der Waals surface area contributed by atoms with Crippen LogP contribution in [-0.4, -0.2) is 308 Å². The standard InChI is InChI=1S/C60H102O29/c1-23(24-15-16-58(6)32-12-10-25-26(60(32,8)33(65)17-59(24,58)7)11-14-34(56(25,2)3)86-52-46(76)41(71)37(67)28(19-62)82-52)9-13-35(57(4,5)79)87-55-50(43(73)39(69)31(85-55)22-80-51-45(75)40(70)36(66)27(18-61)81-51)89-54-48(78)44(74)49(30(21-64)84-54)88-53-47(77)42(72)38(68)29(20-63)83-53/h10,23-24,26-55,61-79H,9,11-22H2,1-8H3/t23-,24?,26?,27-,28-,29-,30-,31-,32?,33-,34+,35-,36-,37-,38-,39-,40+,41+,42+,43+,44-,45-,46-,47-,48-,49-,50-,51?,52+,53-,54+,55+,58+,59-,60+/m1/s1. The van der Waals surface area contributed by atoms with E-state index in [0.717, 1.165) is 18.4 Å². The number of ether oxygens (including phenoxy) is 10. The molecule has 29 heteroatoms. The molecular weight excluding hydrogens is 1180 g/mol. The zero-order valence-corrected chi connectivity index (χ0v) is 51.8. The molecule has 89 heavy (non-hydrogen) atoms. The largest absolute Gasteiger partial charge is 0.394 e. The van der Waals surface area contributed by atoms with Crippen LogP contribution in [0.25, 0.3) is 0 Å². The smallest absolute Gasteiger partial charge is 0.187 e. The summed E-state index contributed by atoms with van der Waals surface area (Å²) in [4.78, 5) is 0. The Balaban J connectivity index is 0.920. The Morgan fingerprint density at radius 3 is 1.52 bits per heavy atom. The van der Waals surface area contributed by atoms with Gasteiger partial charge in [0.1, 0.15) is 122 Å². The maximum atomic E-state index is 12.8. The number of fused-ring (bicyclic) bond motifs is 5. The molecule has 0 bridgehead atoms. The molecule has 516 valence electrons. The van der Waals surface area contributed by atoms with E-state index in [1.165, 1.54) is 13.8 Å². The fraction of sp³-hybridized carbons (Fsp3) is 0.967. The Morgan fingerprint density at radius 2 is 0.978 bits per heavy atom. The maximum Gasteiger partial charge on any atom is 0.187 e. The maximum absolute atomic E-state index is 12.8. The van der Waals surface area contributed by atoms with Crippen LogP contribution in [0.1, 0.15) is 107 Å². The Bertz CT molecular complexity index is 2340. The average Bonchev–Trinajstić information content (AvgIpc) is 1.66. The summed E-state index contributed by atoms with van der Waals surface area (Å²) in [6, 6.07) is 0. The summed E-state index contributed by atoms with van der Waals surface area (Å²) in [5.74, 6) is 0.0393. The number of aliphatic hydroxyl groups excluding tert-OH is 18. The predicted molar refractivity (Wildman–Crippen MR) is 300 cm³/mol. The number of hydrogen-bond donors (Lipinski definition) is 19. The molecule has 5 heterocycles. The minimum Gasteiger partial charge on any atom is -0.394 e. The van der Waals surface area contributed by atoms with Gasteiger partial charge in [0.25, 0.3) is 0 Å². The second-order valence-electron chi connectivity index (χ2n) is 28.7. The van der Waals surface area contributed by atoms with Crippen molar-refractivity contribution in [3.05, 3.63) is 11.6 Å². The van der Waals surface area contributed by atoms with E-state index in [1.807, 2.05) is 0 Å². The summed E-state index contributed by atoms with van der Waals surface area (Å²) in [6.45, 7) is 12.2. The van der Waals surface area contributed by atoms with Crippen molar-refractivity contribution in [1.29, 1.82) is 0 Å². The summed E-state index contributed by atoms with van der Waals surface area (Å²) in [5.41, 5.74) is -2.34. The van der Waals surface area contributed by atoms with E-state index in [-0.39, 0.29) is 40.9 Å². The fourth-order valence-electron chi connectivity index (χ4n) is 17.1. The monoisotopic (exact) mass is 1290 g/mol. The van der Waals surface area contributed by atoms with Crippen LogP contribution >= 0.6 is 0 Å². The lowest BCUT2D eigenvalue weighted by Crippen LogP contribution is -2.67. The summed E-state index contributed by atoms with van der Waals surface area (Å²) in [5, 5.41) is 206. The number of aliphatic hydroxyl groups is 19. The highest BCUT2D eigenvalue weighted by Gasteiger charge is 2.70. The van der Waals surface area contributed by atoms with Gasteiger partial charge in [-0.05, 0) is 99.7 Å². The quantitative estimate of drug-likeness (QED) is 0.0506. The molecule has 9 rings (SSSR count). The van der Waals surface area contributed by atoms with Gasteiger partial charge in [-0.1, -0.05) is 53.2 Å². The summed E-state index contributed by atoms with van der Waals surface area (Å²) < 4.78 is 59.5. The van der Waals surface area contributed by atoms with E-state index in [0.29, 0.717) is 32.1 Å². The molecule has 5 aliphatic heterocycles. The summed E-state index contributed by atoms with van der Waals surface area (Å²) >= 11 is 0. The van der Waals surface area contributed by atoms with Crippen LogP contribution in [-0.2, 0) is 47.4 Å². The summed E-state index contributed by atoms with van der Waals surface area (Å²) in [6.07, 6.45) is -38.6. The molecule has 35 atom stereocenters. The molecule has 19 N–H and O–H groups in total. The molecule has 4 aliphatic carbocycles. The lowest BCUT2D eigenvalue weighted by atomic mass is 9.38. The first kappa shape index (κ1) is 71.9. The molecule has 0 amide bonds. The van der Waals surface area contributed by atoms with Gasteiger partial charge in [-0.3, -0.25) is 0 Å². The van der Waals surface area contributed by atoms with Gasteiger partial charge in [0, 0.05) is 10.8 Å². The van der Waals surface area contributed by atoms with Crippen LogP contribution in [0.3, 0.4) is 0 Å². The van der Waals surface area contributed by atoms with Crippen molar-refractivity contribution in [3.63, 3.8) is 0 Å². The van der Waals surface area contributed by atoms with Crippen molar-refractivity contribution < 1.29 is 144 Å². The molecule has 0 aromatic rings. The third kappa shape index (κ3) is 13.0. The van der Waals surface area contributed by atoms with Gasteiger partial charge < -0.3 is 144 Å². The predicted octanol–water partition coefficient (Wildman–Crippen LogP) is -5.41. The Kier molecular flexibility index (Phi) is 22.3. The van der Waals surface area contributed by atoms with Gasteiger partial charge in [-0.15, -0.1) is 0 Å². The molecule has 4 unspecified atom stereocenters. The van der Waals surface area contributed by atoms with Gasteiger partial charge >= 0.3 is 0 Å². The topological polar surface area (TPSA) is 477 Å². The molecular formula is C60H102O29. The van der Waals surface area contributed by atoms with Gasteiger partial charge in [0.15, 0.2) is 31.5 Å². The minimum atomic E-state index is -2.12. The first-order valence-corrected chi connectivity index (χ1v) is 31.6. The van der Waals surface area contributed by atoms with Crippen LogP contribution in [0, 0.1) is 45.3 Å². The van der Waals surface area contributed by atoms with Crippen LogP contribution in [0.5, 0.6) is 0 Å². The van der Waals surface area contributed by atoms with Crippen molar-refractivity contribution in [2.45, 2.75) is 284 Å². The van der Waals surface area contributed by atoms with Crippen LogP contribution in [0.15, 0.2) is 11.6 Å². The number of hydrogen-bond acceptors (Lipinski definition) is 29. The van der Waals surface area contributed by atoms with Crippen LogP contribution < -0.4 is 0 Å². The Labute approximate surface area is 517 Å². The normalized spacial score (nSPS) is 51.8. The minimum absolute atomic E-state index is 0.0260. The first-order chi connectivity index (χ1) is 41.7. The van der Waals surface area contributed by atoms with Gasteiger partial charge in [0.05, 0.1) is 56.9 Å². The van der Waals surface area contributed by atoms with Crippen LogP contribution in [0.4, 0.5) is 0 Å². The Hall–Kier alpha value is -1.42. The number of rotatable bonds is 20. The molecule has 29 nitrogen and oxygen atoms in total. The third-order valence-electron chi connectivity index (χ3n) is 22.9. The third-order valence-corrected chi connectivity index (χ3v) is 22.9. The zero-order chi connectivity index (χ0) is 65.5. The zero-order valence-electron chi connectivity index (χ0n) is 51.8. The van der Waals surface area contributed by atoms with E-state index >= 15 is 0 Å². The van der Waals surface area contributed by atoms with E-state index in [4.69, 9.17) is 47.4 Å². The highest BCUT2D eigenvalue weighted by molar-refractivity contribution is 5.32. The van der Waals surface area contributed by atoms with Gasteiger partial charge in [0.2, 0.25) is 0 Å². The molecule has 9 aliphatic rings. The van der Waals surface area contributed by atoms with E-state index in [9.17, 15) is 97.0 Å². The van der Waals surface area contributed by atoms with Crippen molar-refractivity contribution in [2.24, 2.45) is 45.3 Å². The molecule has 3 saturated carbocycles. The average molecular weight is 1290 g/mol. The van der Waals surface area contributed by atoms with Crippen molar-refractivity contribution in [3.8, 4) is 0 Å². The summed E-state index contributed by atoms with van der Waals surface area (Å²) in [7, 11) is 0. The van der Waals surface area contributed by atoms with Crippen LogP contribution in [0.2, 0.25) is 0 Å². The van der Waals surface area contributed by atoms with Gasteiger partial charge in [-0.2, -0.15) is 0 Å². The molecule has 0 radical (unpaired) electrons. The highest BCUT2D eigenvalue weighted by atomic mass is 16.8. The highest BCUT2D eigenvalue weighted by Crippen LogP contribution is 2.75. The van der Waals surface area contributed by atoms with E-state index in [2.05, 4.69) is 47.6 Å². The molecule has 0 aromatic heterocycles. The molecule has 5 saturated heterocycles. The second-order valence-corrected chi connectivity index (χ2v) is 28.7. The molecule has 0 aromatic carbocycles. The number of allylic oxidation sites excluding steroid dienone is 1. The van der Waals surface area contributed by atoms with Crippen molar-refractivity contribution in [1.82, 2.24) is 0 Å². The lowest BCUT2D eigenvalue weighted by molar-refractivity contribution is -0.391. The van der Waals surface area contributed by atoms with E-state index in [1.54, 1.807) is 0 Å². The SMILES string of the molecule is C[C@H](CC[C@@H](O[C@@H]1O[C@H](COC2O[C@H](CO)[C@@H](O)[C@H](O)[C@H]2O)[C@@H](O)[C@H](O)[C@H]1O[C@@H]1O[C@H](CO)[C@@H](O[C@H]2O[C@H](CO)[C@@H](O)[C@H](O)[C@H]2O)[C@H](O)[C@H]1O)C(C)(C)O)C1CC[C@@]2(C)C3CC=C4C(CC[C@H](O[C@@H]5O[C@H](CO)[C@@H](O)[C@H](O)[C@H]5O)C4(C)C)[C@]3(C)[C@H](O)C[C@]12C. The lowest BCUT2D eigenvalue weighted by Gasteiger charge is -2.67. The van der Waals surface area contributed by atoms with Crippen molar-refractivity contribution >= 4 is 0 Å². The van der Waals surface area contributed by atoms with Gasteiger partial charge in [-0.25, -0.2) is 0 Å². The second kappa shape index (κ2) is 27.6. The van der Waals surface area contributed by atoms with E-state index < -0.39 is 221 Å². The molecule has 0 spiro atoms. The van der Waals surface area contributed by atoms with Crippen molar-refractivity contribution in [2.75, 3.05) is 33.0 Å².